The molecule has 0 bridgehead atoms. The van der Waals surface area contributed by atoms with Crippen molar-refractivity contribution in [2.75, 3.05) is 16.8 Å². The molecule has 2 N–H and O–H groups in total. The van der Waals surface area contributed by atoms with Crippen LogP contribution in [0, 0.1) is 10.1 Å². The summed E-state index contributed by atoms with van der Waals surface area (Å²) in [5.41, 5.74) is 4.07. The zero-order chi connectivity index (χ0) is 25.1. The molecule has 0 saturated carbocycles. The number of nitrogens with zero attached hydrogens (tertiary/aromatic N) is 2. The van der Waals surface area contributed by atoms with E-state index in [0.717, 1.165) is 24.7 Å². The topological polar surface area (TPSA) is 105 Å². The first kappa shape index (κ1) is 24.2. The fourth-order valence-corrected chi connectivity index (χ4v) is 4.37. The largest absolute Gasteiger partial charge is 0.366 e. The fraction of sp³-hybridized carbons (Fsp3) is 0.231. The predicted octanol–water partition coefficient (Wildman–Crippen LogP) is 5.20. The summed E-state index contributed by atoms with van der Waals surface area (Å²) < 4.78 is 0. The van der Waals surface area contributed by atoms with Crippen LogP contribution in [0.5, 0.6) is 0 Å². The highest BCUT2D eigenvalue weighted by Gasteiger charge is 2.23. The van der Waals surface area contributed by atoms with E-state index in [1.54, 1.807) is 12.1 Å². The molecule has 4 rings (SSSR count). The monoisotopic (exact) mass is 492 g/mol. The Bertz CT molecular complexity index is 1310. The average Bonchev–Trinajstić information content (AvgIpc) is 2.83. The number of nitrogens with one attached hydrogen (secondary N) is 2. The Labute approximate surface area is 208 Å². The van der Waals surface area contributed by atoms with Crippen molar-refractivity contribution < 1.29 is 14.5 Å². The lowest BCUT2D eigenvalue weighted by molar-refractivity contribution is -0.384. The number of hydrogen-bond donors (Lipinski definition) is 2. The van der Waals surface area contributed by atoms with Crippen LogP contribution in [-0.4, -0.2) is 29.3 Å². The van der Waals surface area contributed by atoms with Gasteiger partial charge in [0, 0.05) is 42.6 Å². The number of carbonyl (C=O) groups is 2. The second-order valence-corrected chi connectivity index (χ2v) is 9.08. The van der Waals surface area contributed by atoms with Gasteiger partial charge in [-0.15, -0.1) is 0 Å². The Morgan fingerprint density at radius 1 is 1.00 bits per heavy atom. The molecule has 0 atom stereocenters. The summed E-state index contributed by atoms with van der Waals surface area (Å²) in [7, 11) is 0. The summed E-state index contributed by atoms with van der Waals surface area (Å²) in [6.07, 6.45) is 0.874. The molecule has 8 nitrogen and oxygen atoms in total. The minimum absolute atomic E-state index is 0.0296. The fourth-order valence-electron chi connectivity index (χ4n) is 4.11. The maximum Gasteiger partial charge on any atom is 0.270 e. The highest BCUT2D eigenvalue weighted by Crippen LogP contribution is 2.30. The summed E-state index contributed by atoms with van der Waals surface area (Å²) in [5.74, 6) is -0.766. The van der Waals surface area contributed by atoms with Crippen LogP contribution in [0.4, 0.5) is 17.1 Å². The van der Waals surface area contributed by atoms with Gasteiger partial charge in [-0.05, 0) is 55.7 Å². The van der Waals surface area contributed by atoms with Crippen molar-refractivity contribution in [1.82, 2.24) is 5.32 Å². The molecule has 0 radical (unpaired) electrons. The SMILES string of the molecule is CC(C)NC(=O)c1cc(NC(=O)c2ccc([N+](=O)[O-])cc2Cl)ccc1N1CCc2ccccc2C1. The number of nitro benzene ring substituents is 1. The van der Waals surface area contributed by atoms with Crippen LogP contribution in [0.15, 0.2) is 60.7 Å². The molecule has 0 aromatic heterocycles. The van der Waals surface area contributed by atoms with Gasteiger partial charge in [0.05, 0.1) is 21.1 Å². The average molecular weight is 493 g/mol. The lowest BCUT2D eigenvalue weighted by atomic mass is 9.98. The second kappa shape index (κ2) is 10.1. The highest BCUT2D eigenvalue weighted by atomic mass is 35.5. The van der Waals surface area contributed by atoms with Crippen LogP contribution in [-0.2, 0) is 13.0 Å². The molecule has 0 unspecified atom stereocenters. The van der Waals surface area contributed by atoms with E-state index in [4.69, 9.17) is 11.6 Å². The minimum atomic E-state index is -0.578. The lowest BCUT2D eigenvalue weighted by Gasteiger charge is -2.32. The third-order valence-electron chi connectivity index (χ3n) is 5.80. The lowest BCUT2D eigenvalue weighted by Crippen LogP contribution is -2.35. The first-order valence-electron chi connectivity index (χ1n) is 11.2. The normalized spacial score (nSPS) is 12.7. The number of hydrogen-bond acceptors (Lipinski definition) is 5. The van der Waals surface area contributed by atoms with Crippen LogP contribution < -0.4 is 15.5 Å². The van der Waals surface area contributed by atoms with Gasteiger partial charge < -0.3 is 15.5 Å². The molecule has 3 aromatic carbocycles. The van der Waals surface area contributed by atoms with Gasteiger partial charge in [0.2, 0.25) is 0 Å². The maximum absolute atomic E-state index is 13.1. The summed E-state index contributed by atoms with van der Waals surface area (Å²) in [6, 6.07) is 17.1. The quantitative estimate of drug-likeness (QED) is 0.363. The van der Waals surface area contributed by atoms with Crippen molar-refractivity contribution in [3.63, 3.8) is 0 Å². The third kappa shape index (κ3) is 5.44. The molecule has 0 spiro atoms. The van der Waals surface area contributed by atoms with Crippen molar-refractivity contribution >= 4 is 40.5 Å². The first-order valence-corrected chi connectivity index (χ1v) is 11.6. The van der Waals surface area contributed by atoms with Gasteiger partial charge in [0.15, 0.2) is 0 Å². The van der Waals surface area contributed by atoms with E-state index in [-0.39, 0.29) is 28.2 Å². The van der Waals surface area contributed by atoms with Gasteiger partial charge in [-0.3, -0.25) is 19.7 Å². The Morgan fingerprint density at radius 2 is 1.74 bits per heavy atom. The van der Waals surface area contributed by atoms with Crippen molar-refractivity contribution in [2.24, 2.45) is 0 Å². The molecular weight excluding hydrogens is 468 g/mol. The summed E-state index contributed by atoms with van der Waals surface area (Å²) in [5, 5.41) is 16.6. The molecule has 0 fully saturated rings. The highest BCUT2D eigenvalue weighted by molar-refractivity contribution is 6.34. The molecular formula is C26H25ClN4O4. The van der Waals surface area contributed by atoms with Crippen molar-refractivity contribution in [2.45, 2.75) is 32.9 Å². The zero-order valence-corrected chi connectivity index (χ0v) is 20.1. The number of fused-ring (bicyclic) bond motifs is 1. The number of amides is 2. The smallest absolute Gasteiger partial charge is 0.270 e. The molecule has 0 saturated heterocycles. The van der Waals surface area contributed by atoms with Crippen molar-refractivity contribution in [3.8, 4) is 0 Å². The molecule has 1 aliphatic heterocycles. The molecule has 2 amide bonds. The summed E-state index contributed by atoms with van der Waals surface area (Å²) in [6.45, 7) is 5.22. The van der Waals surface area contributed by atoms with Crippen molar-refractivity contribution in [1.29, 1.82) is 0 Å². The van der Waals surface area contributed by atoms with Gasteiger partial charge >= 0.3 is 0 Å². The van der Waals surface area contributed by atoms with Crippen LogP contribution in [0.1, 0.15) is 45.7 Å². The van der Waals surface area contributed by atoms with Gasteiger partial charge in [0.1, 0.15) is 0 Å². The number of carbonyl (C=O) groups excluding carboxylic acids is 2. The van der Waals surface area contributed by atoms with Crippen LogP contribution in [0.25, 0.3) is 0 Å². The van der Waals surface area contributed by atoms with E-state index >= 15 is 0 Å². The summed E-state index contributed by atoms with van der Waals surface area (Å²) >= 11 is 6.11. The Morgan fingerprint density at radius 3 is 2.43 bits per heavy atom. The van der Waals surface area contributed by atoms with E-state index in [0.29, 0.717) is 17.8 Å². The van der Waals surface area contributed by atoms with E-state index in [2.05, 4.69) is 27.7 Å². The maximum atomic E-state index is 13.1. The number of non-ortho nitro benzene ring substituents is 1. The molecule has 9 heteroatoms. The Kier molecular flexibility index (Phi) is 7.02. The molecule has 35 heavy (non-hydrogen) atoms. The molecule has 0 aliphatic carbocycles. The molecule has 1 heterocycles. The second-order valence-electron chi connectivity index (χ2n) is 8.68. The molecule has 180 valence electrons. The van der Waals surface area contributed by atoms with E-state index < -0.39 is 10.8 Å². The van der Waals surface area contributed by atoms with E-state index in [9.17, 15) is 19.7 Å². The minimum Gasteiger partial charge on any atom is -0.366 e. The predicted molar refractivity (Wildman–Crippen MR) is 136 cm³/mol. The number of rotatable bonds is 6. The Balaban J connectivity index is 1.63. The molecule has 1 aliphatic rings. The first-order chi connectivity index (χ1) is 16.7. The van der Waals surface area contributed by atoms with Crippen LogP contribution in [0.3, 0.4) is 0 Å². The number of halogens is 1. The van der Waals surface area contributed by atoms with Crippen molar-refractivity contribution in [3.05, 3.63) is 98.1 Å². The number of anilines is 2. The van der Waals surface area contributed by atoms with Crippen LogP contribution in [0.2, 0.25) is 5.02 Å². The van der Waals surface area contributed by atoms with Gasteiger partial charge in [-0.2, -0.15) is 0 Å². The van der Waals surface area contributed by atoms with E-state index in [1.807, 2.05) is 32.0 Å². The summed E-state index contributed by atoms with van der Waals surface area (Å²) in [4.78, 5) is 38.4. The van der Waals surface area contributed by atoms with Gasteiger partial charge in [0.25, 0.3) is 17.5 Å². The third-order valence-corrected chi connectivity index (χ3v) is 6.11. The number of benzene rings is 3. The van der Waals surface area contributed by atoms with Gasteiger partial charge in [-0.1, -0.05) is 35.9 Å². The molecule has 3 aromatic rings. The standard InChI is InChI=1S/C26H25ClN4O4/c1-16(2)28-26(33)22-13-19(29-25(32)21-9-8-20(31(34)35)14-23(21)27)7-10-24(22)30-12-11-17-5-3-4-6-18(17)15-30/h3-10,13-14,16H,11-12,15H2,1-2H3,(H,28,33)(H,29,32). The number of nitro groups is 1. The van der Waals surface area contributed by atoms with Crippen LogP contribution >= 0.6 is 11.6 Å². The van der Waals surface area contributed by atoms with E-state index in [1.165, 1.54) is 23.3 Å². The zero-order valence-electron chi connectivity index (χ0n) is 19.4. The van der Waals surface area contributed by atoms with Gasteiger partial charge in [-0.25, -0.2) is 0 Å². The Hall–Kier alpha value is -3.91.